The van der Waals surface area contributed by atoms with Gasteiger partial charge in [-0.05, 0) is 38.5 Å². The third-order valence-electron chi connectivity index (χ3n) is 5.35. The fraction of sp³-hybridized carbons (Fsp3) is 0.391. The second-order valence-corrected chi connectivity index (χ2v) is 10.6. The van der Waals surface area contributed by atoms with E-state index in [0.29, 0.717) is 6.42 Å². The number of anilines is 1. The predicted molar refractivity (Wildman–Crippen MR) is 133 cm³/mol. The van der Waals surface area contributed by atoms with E-state index in [1.165, 1.54) is 43.3 Å². The molecule has 0 aromatic heterocycles. The van der Waals surface area contributed by atoms with Crippen molar-refractivity contribution in [3.63, 3.8) is 0 Å². The van der Waals surface area contributed by atoms with Crippen LogP contribution in [-0.2, 0) is 26.2 Å². The van der Waals surface area contributed by atoms with Crippen LogP contribution in [0.25, 0.3) is 0 Å². The number of nitrogens with zero attached hydrogens (tertiary/aromatic N) is 2. The summed E-state index contributed by atoms with van der Waals surface area (Å²) in [6, 6.07) is 9.13. The van der Waals surface area contributed by atoms with Crippen LogP contribution in [0.5, 0.6) is 0 Å². The Morgan fingerprint density at radius 3 is 2.32 bits per heavy atom. The smallest absolute Gasteiger partial charge is 0.244 e. The molecular weight excluding hydrogens is 504 g/mol. The number of carbonyl (C=O) groups is 2. The van der Waals surface area contributed by atoms with Crippen LogP contribution in [0.15, 0.2) is 42.5 Å². The summed E-state index contributed by atoms with van der Waals surface area (Å²) in [6.45, 7) is 4.33. The molecule has 2 amide bonds. The van der Waals surface area contributed by atoms with Crippen molar-refractivity contribution in [2.75, 3.05) is 17.1 Å². The van der Waals surface area contributed by atoms with E-state index < -0.39 is 40.2 Å². The molecule has 2 atom stereocenters. The Kier molecular flexibility index (Phi) is 9.73. The number of carbonyl (C=O) groups excluding carboxylic acids is 2. The normalized spacial score (nSPS) is 13.1. The number of benzene rings is 2. The van der Waals surface area contributed by atoms with E-state index in [-0.39, 0.29) is 33.9 Å². The van der Waals surface area contributed by atoms with E-state index in [1.807, 2.05) is 13.8 Å². The van der Waals surface area contributed by atoms with E-state index in [2.05, 4.69) is 5.32 Å². The van der Waals surface area contributed by atoms with Crippen LogP contribution in [0.1, 0.15) is 32.8 Å². The maximum atomic E-state index is 14.4. The highest BCUT2D eigenvalue weighted by molar-refractivity contribution is 7.92. The molecule has 0 saturated heterocycles. The minimum atomic E-state index is -3.97. The average Bonchev–Trinajstić information content (AvgIpc) is 2.77. The highest BCUT2D eigenvalue weighted by Gasteiger charge is 2.31. The SMILES string of the molecule is CC[C@H](C)NC(=O)[C@@H](C)N(Cc1ccccc1F)C(=O)CN(c1cccc(Cl)c1Cl)S(C)(=O)=O. The summed E-state index contributed by atoms with van der Waals surface area (Å²) in [7, 11) is -3.97. The first kappa shape index (κ1) is 27.9. The van der Waals surface area contributed by atoms with Gasteiger partial charge in [0, 0.05) is 18.2 Å². The molecule has 2 aromatic carbocycles. The lowest BCUT2D eigenvalue weighted by molar-refractivity contribution is -0.139. The molecule has 0 bridgehead atoms. The standard InChI is InChI=1S/C23H28Cl2FN3O4S/c1-5-15(2)27-23(31)16(3)28(13-17-9-6-7-11-19(17)26)21(30)14-29(34(4,32)33)20-12-8-10-18(24)22(20)25/h6-12,15-16H,5,13-14H2,1-4H3,(H,27,31)/t15-,16+/m0/s1. The lowest BCUT2D eigenvalue weighted by Gasteiger charge is -2.32. The summed E-state index contributed by atoms with van der Waals surface area (Å²) in [5.41, 5.74) is 0.207. The number of hydrogen-bond acceptors (Lipinski definition) is 4. The predicted octanol–water partition coefficient (Wildman–Crippen LogP) is 4.23. The molecule has 0 aliphatic rings. The lowest BCUT2D eigenvalue weighted by Crippen LogP contribution is -2.52. The molecule has 0 saturated carbocycles. The largest absolute Gasteiger partial charge is 0.352 e. The van der Waals surface area contributed by atoms with E-state index in [9.17, 15) is 22.4 Å². The second-order valence-electron chi connectivity index (χ2n) is 7.95. The van der Waals surface area contributed by atoms with E-state index >= 15 is 0 Å². The molecule has 11 heteroatoms. The molecule has 0 fully saturated rings. The van der Waals surface area contributed by atoms with Crippen LogP contribution in [0.2, 0.25) is 10.0 Å². The van der Waals surface area contributed by atoms with Gasteiger partial charge in [-0.15, -0.1) is 0 Å². The first-order valence-electron chi connectivity index (χ1n) is 10.6. The average molecular weight is 532 g/mol. The molecule has 0 heterocycles. The highest BCUT2D eigenvalue weighted by Crippen LogP contribution is 2.33. The Hall–Kier alpha value is -2.36. The van der Waals surface area contributed by atoms with Gasteiger partial charge in [0.15, 0.2) is 0 Å². The summed E-state index contributed by atoms with van der Waals surface area (Å²) in [4.78, 5) is 27.4. The second kappa shape index (κ2) is 11.9. The van der Waals surface area contributed by atoms with E-state index in [0.717, 1.165) is 15.5 Å². The summed E-state index contributed by atoms with van der Waals surface area (Å²) >= 11 is 12.3. The molecule has 2 rings (SSSR count). The Labute approximate surface area is 209 Å². The highest BCUT2D eigenvalue weighted by atomic mass is 35.5. The molecule has 186 valence electrons. The molecule has 1 N–H and O–H groups in total. The van der Waals surface area contributed by atoms with Crippen molar-refractivity contribution in [3.05, 3.63) is 63.9 Å². The van der Waals surface area contributed by atoms with Crippen LogP contribution in [0.3, 0.4) is 0 Å². The van der Waals surface area contributed by atoms with Crippen molar-refractivity contribution in [2.24, 2.45) is 0 Å². The number of rotatable bonds is 10. The Bertz CT molecular complexity index is 1150. The molecule has 34 heavy (non-hydrogen) atoms. The van der Waals surface area contributed by atoms with Crippen molar-refractivity contribution >= 4 is 50.7 Å². The number of nitrogens with one attached hydrogen (secondary N) is 1. The maximum Gasteiger partial charge on any atom is 0.244 e. The van der Waals surface area contributed by atoms with Gasteiger partial charge in [-0.3, -0.25) is 13.9 Å². The first-order chi connectivity index (χ1) is 15.9. The summed E-state index contributed by atoms with van der Waals surface area (Å²) in [5, 5.41) is 2.88. The third-order valence-corrected chi connectivity index (χ3v) is 7.28. The number of sulfonamides is 1. The molecule has 2 aromatic rings. The van der Waals surface area contributed by atoms with Gasteiger partial charge in [0.05, 0.1) is 22.0 Å². The topological polar surface area (TPSA) is 86.8 Å². The van der Waals surface area contributed by atoms with Crippen LogP contribution in [0.4, 0.5) is 10.1 Å². The molecule has 0 aliphatic heterocycles. The van der Waals surface area contributed by atoms with Gasteiger partial charge < -0.3 is 10.2 Å². The van der Waals surface area contributed by atoms with Crippen LogP contribution in [0, 0.1) is 5.82 Å². The molecule has 7 nitrogen and oxygen atoms in total. The van der Waals surface area contributed by atoms with Gasteiger partial charge in [0.25, 0.3) is 0 Å². The fourth-order valence-electron chi connectivity index (χ4n) is 3.14. The quantitative estimate of drug-likeness (QED) is 0.496. The van der Waals surface area contributed by atoms with E-state index in [4.69, 9.17) is 23.2 Å². The Morgan fingerprint density at radius 1 is 1.09 bits per heavy atom. The first-order valence-corrected chi connectivity index (χ1v) is 13.2. The Morgan fingerprint density at radius 2 is 1.74 bits per heavy atom. The molecule has 0 radical (unpaired) electrons. The fourth-order valence-corrected chi connectivity index (χ4v) is 4.44. The van der Waals surface area contributed by atoms with Gasteiger partial charge in [-0.25, -0.2) is 12.8 Å². The Balaban J connectivity index is 2.45. The van der Waals surface area contributed by atoms with Gasteiger partial charge >= 0.3 is 0 Å². The van der Waals surface area contributed by atoms with Crippen molar-refractivity contribution in [2.45, 2.75) is 45.8 Å². The summed E-state index contributed by atoms with van der Waals surface area (Å²) < 4.78 is 40.3. The summed E-state index contributed by atoms with van der Waals surface area (Å²) in [5.74, 6) is -1.70. The van der Waals surface area contributed by atoms with E-state index in [1.54, 1.807) is 6.07 Å². The maximum absolute atomic E-state index is 14.4. The monoisotopic (exact) mass is 531 g/mol. The van der Waals surface area contributed by atoms with Gasteiger partial charge in [-0.2, -0.15) is 0 Å². The van der Waals surface area contributed by atoms with Crippen molar-refractivity contribution in [1.29, 1.82) is 0 Å². The molecule has 0 unspecified atom stereocenters. The van der Waals surface area contributed by atoms with Gasteiger partial charge in [-0.1, -0.05) is 54.4 Å². The number of amides is 2. The number of halogens is 3. The molecule has 0 spiro atoms. The third kappa shape index (κ3) is 7.07. The van der Waals surface area contributed by atoms with Crippen molar-refractivity contribution in [3.8, 4) is 0 Å². The minimum Gasteiger partial charge on any atom is -0.352 e. The van der Waals surface area contributed by atoms with Crippen LogP contribution >= 0.6 is 23.2 Å². The van der Waals surface area contributed by atoms with Crippen molar-refractivity contribution < 1.29 is 22.4 Å². The van der Waals surface area contributed by atoms with Crippen LogP contribution in [-0.4, -0.2) is 50.0 Å². The van der Waals surface area contributed by atoms with Crippen molar-refractivity contribution in [1.82, 2.24) is 10.2 Å². The zero-order valence-corrected chi connectivity index (χ0v) is 21.7. The zero-order valence-electron chi connectivity index (χ0n) is 19.4. The summed E-state index contributed by atoms with van der Waals surface area (Å²) in [6.07, 6.45) is 1.60. The number of hydrogen-bond donors (Lipinski definition) is 1. The lowest BCUT2D eigenvalue weighted by atomic mass is 10.1. The van der Waals surface area contributed by atoms with Gasteiger partial charge in [0.1, 0.15) is 18.4 Å². The zero-order chi connectivity index (χ0) is 25.6. The molecule has 0 aliphatic carbocycles. The van der Waals surface area contributed by atoms with Gasteiger partial charge in [0.2, 0.25) is 21.8 Å². The minimum absolute atomic E-state index is 0.0209. The molecular formula is C23H28Cl2FN3O4S. The van der Waals surface area contributed by atoms with Crippen LogP contribution < -0.4 is 9.62 Å².